The van der Waals surface area contributed by atoms with Gasteiger partial charge in [0, 0.05) is 22.9 Å². The number of Topliss-reactive ketones (excluding diaryl/α,β-unsaturated/α-hetero) is 1. The van der Waals surface area contributed by atoms with Gasteiger partial charge < -0.3 is 20.7 Å². The van der Waals surface area contributed by atoms with Gasteiger partial charge in [-0.3, -0.25) is 14.4 Å². The minimum Gasteiger partial charge on any atom is -0.440 e. The van der Waals surface area contributed by atoms with Crippen LogP contribution in [0.3, 0.4) is 0 Å². The fraction of sp³-hybridized carbons (Fsp3) is 0.484. The number of ether oxygens (including phenoxy) is 1. The van der Waals surface area contributed by atoms with Gasteiger partial charge in [0.1, 0.15) is 12.1 Å². The lowest BCUT2D eigenvalue weighted by atomic mass is 9.76. The summed E-state index contributed by atoms with van der Waals surface area (Å²) in [6, 6.07) is 14.8. The van der Waals surface area contributed by atoms with E-state index < -0.39 is 47.3 Å². The Morgan fingerprint density at radius 1 is 1.05 bits per heavy atom. The van der Waals surface area contributed by atoms with Gasteiger partial charge in [-0.05, 0) is 48.4 Å². The fourth-order valence-electron chi connectivity index (χ4n) is 5.08. The van der Waals surface area contributed by atoms with Gasteiger partial charge in [-0.25, -0.2) is 4.79 Å². The third-order valence-corrected chi connectivity index (χ3v) is 7.89. The summed E-state index contributed by atoms with van der Waals surface area (Å²) < 4.78 is 6.04. The maximum absolute atomic E-state index is 13.4. The molecule has 2 aromatic rings. The third-order valence-electron chi connectivity index (χ3n) is 7.39. The molecule has 3 N–H and O–H groups in total. The molecule has 0 saturated carbocycles. The van der Waals surface area contributed by atoms with Crippen LogP contribution >= 0.6 is 23.2 Å². The van der Waals surface area contributed by atoms with Crippen LogP contribution in [-0.2, 0) is 24.5 Å². The summed E-state index contributed by atoms with van der Waals surface area (Å²) in [4.78, 5) is 51.5. The van der Waals surface area contributed by atoms with E-state index in [2.05, 4.69) is 16.0 Å². The molecule has 0 aromatic heterocycles. The maximum atomic E-state index is 13.4. The van der Waals surface area contributed by atoms with Crippen molar-refractivity contribution in [3.63, 3.8) is 0 Å². The predicted molar refractivity (Wildman–Crippen MR) is 160 cm³/mol. The standard InChI is InChI=1S/C31H39Cl2N3O5/c1-19(2)15-25(29(39)35-24(26(37)18-32)16-21-13-14-34-28(21)38)36-30(40)41-27(20-9-6-5-7-10-20)31(3,4)22-11-8-12-23(33)17-22/h5-12,17,19,21,24-25,27H,13-16,18H2,1-4H3,(H,34,38)(H,35,39)(H,36,40)/t21-,24-,25-,27?/m0/s1. The lowest BCUT2D eigenvalue weighted by Gasteiger charge is -2.35. The number of hydrogen-bond acceptors (Lipinski definition) is 5. The predicted octanol–water partition coefficient (Wildman–Crippen LogP) is 5.32. The van der Waals surface area contributed by atoms with Gasteiger partial charge in [0.2, 0.25) is 11.8 Å². The molecule has 41 heavy (non-hydrogen) atoms. The molecule has 1 unspecified atom stereocenters. The summed E-state index contributed by atoms with van der Waals surface area (Å²) in [5.74, 6) is -1.74. The van der Waals surface area contributed by atoms with Crippen molar-refractivity contribution in [1.82, 2.24) is 16.0 Å². The average Bonchev–Trinajstić information content (AvgIpc) is 3.34. The first-order valence-electron chi connectivity index (χ1n) is 13.9. The summed E-state index contributed by atoms with van der Waals surface area (Å²) in [6.45, 7) is 8.29. The Balaban J connectivity index is 1.81. The Bertz CT molecular complexity index is 1220. The Kier molecular flexibility index (Phi) is 11.6. The molecule has 0 spiro atoms. The maximum Gasteiger partial charge on any atom is 0.408 e. The number of hydrogen-bond donors (Lipinski definition) is 3. The molecule has 3 amide bonds. The number of carbonyl (C=O) groups is 4. The average molecular weight is 605 g/mol. The number of benzene rings is 2. The normalized spacial score (nSPS) is 17.3. The molecule has 8 nitrogen and oxygen atoms in total. The summed E-state index contributed by atoms with van der Waals surface area (Å²) >= 11 is 12.1. The van der Waals surface area contributed by atoms with Gasteiger partial charge in [0.25, 0.3) is 0 Å². The highest BCUT2D eigenvalue weighted by Crippen LogP contribution is 2.40. The molecule has 1 heterocycles. The molecule has 0 bridgehead atoms. The topological polar surface area (TPSA) is 114 Å². The molecular weight excluding hydrogens is 565 g/mol. The highest BCUT2D eigenvalue weighted by Gasteiger charge is 2.37. The Morgan fingerprint density at radius 3 is 2.34 bits per heavy atom. The largest absolute Gasteiger partial charge is 0.440 e. The molecule has 2 aromatic carbocycles. The Hall–Kier alpha value is -3.10. The van der Waals surface area contributed by atoms with Gasteiger partial charge in [-0.2, -0.15) is 0 Å². The molecule has 4 atom stereocenters. The number of halogens is 2. The number of carbonyl (C=O) groups excluding carboxylic acids is 4. The van der Waals surface area contributed by atoms with Gasteiger partial charge in [-0.15, -0.1) is 11.6 Å². The van der Waals surface area contributed by atoms with Gasteiger partial charge in [0.15, 0.2) is 5.78 Å². The number of amides is 3. The van der Waals surface area contributed by atoms with Crippen molar-refractivity contribution in [2.75, 3.05) is 12.4 Å². The molecule has 1 fully saturated rings. The zero-order valence-electron chi connectivity index (χ0n) is 23.9. The van der Waals surface area contributed by atoms with Crippen LogP contribution in [0.25, 0.3) is 0 Å². The van der Waals surface area contributed by atoms with E-state index in [1.807, 2.05) is 76.2 Å². The van der Waals surface area contributed by atoms with E-state index in [1.165, 1.54) is 0 Å². The minimum absolute atomic E-state index is 0.0432. The van der Waals surface area contributed by atoms with Crippen molar-refractivity contribution in [2.24, 2.45) is 11.8 Å². The van der Waals surface area contributed by atoms with Crippen molar-refractivity contribution in [3.05, 3.63) is 70.7 Å². The molecular formula is C31H39Cl2N3O5. The van der Waals surface area contributed by atoms with E-state index in [1.54, 1.807) is 6.07 Å². The Morgan fingerprint density at radius 2 is 1.76 bits per heavy atom. The Labute approximate surface area is 251 Å². The molecule has 0 radical (unpaired) electrons. The van der Waals surface area contributed by atoms with Crippen LogP contribution in [0.2, 0.25) is 5.02 Å². The molecule has 1 saturated heterocycles. The first-order chi connectivity index (χ1) is 19.4. The van der Waals surface area contributed by atoms with Crippen LogP contribution in [0.15, 0.2) is 54.6 Å². The number of alkyl halides is 1. The van der Waals surface area contributed by atoms with E-state index >= 15 is 0 Å². The van der Waals surface area contributed by atoms with E-state index in [0.29, 0.717) is 24.4 Å². The second-order valence-corrected chi connectivity index (χ2v) is 12.1. The second-order valence-electron chi connectivity index (χ2n) is 11.4. The molecule has 10 heteroatoms. The van der Waals surface area contributed by atoms with Crippen LogP contribution in [0.4, 0.5) is 4.79 Å². The highest BCUT2D eigenvalue weighted by molar-refractivity contribution is 6.30. The lowest BCUT2D eigenvalue weighted by molar-refractivity contribution is -0.129. The van der Waals surface area contributed by atoms with Crippen molar-refractivity contribution in [3.8, 4) is 0 Å². The summed E-state index contributed by atoms with van der Waals surface area (Å²) in [5.41, 5.74) is 0.973. The van der Waals surface area contributed by atoms with Crippen LogP contribution < -0.4 is 16.0 Å². The third kappa shape index (κ3) is 8.94. The number of rotatable bonds is 13. The smallest absolute Gasteiger partial charge is 0.408 e. The van der Waals surface area contributed by atoms with E-state index in [0.717, 1.165) is 11.1 Å². The summed E-state index contributed by atoms with van der Waals surface area (Å²) in [5, 5.41) is 8.77. The number of ketones is 1. The fourth-order valence-corrected chi connectivity index (χ4v) is 5.45. The molecule has 0 aliphatic carbocycles. The quantitative estimate of drug-likeness (QED) is 0.268. The van der Waals surface area contributed by atoms with Crippen LogP contribution in [-0.4, -0.2) is 48.2 Å². The lowest BCUT2D eigenvalue weighted by Crippen LogP contribution is -2.53. The van der Waals surface area contributed by atoms with Gasteiger partial charge >= 0.3 is 6.09 Å². The summed E-state index contributed by atoms with van der Waals surface area (Å²) in [7, 11) is 0. The van der Waals surface area contributed by atoms with Crippen LogP contribution in [0.1, 0.15) is 64.2 Å². The van der Waals surface area contributed by atoms with Gasteiger partial charge in [0.05, 0.1) is 11.9 Å². The SMILES string of the molecule is CC(C)C[C@H](NC(=O)OC(c1ccccc1)C(C)(C)c1cccc(Cl)c1)C(=O)N[C@@H](C[C@@H]1CCNC1=O)C(=O)CCl. The van der Waals surface area contributed by atoms with Crippen LogP contribution in [0, 0.1) is 11.8 Å². The second kappa shape index (κ2) is 14.7. The number of alkyl carbamates (subject to hydrolysis) is 1. The van der Waals surface area contributed by atoms with Crippen LogP contribution in [0.5, 0.6) is 0 Å². The van der Waals surface area contributed by atoms with E-state index in [9.17, 15) is 19.2 Å². The van der Waals surface area contributed by atoms with Crippen molar-refractivity contribution >= 4 is 46.9 Å². The first kappa shape index (κ1) is 32.4. The monoisotopic (exact) mass is 603 g/mol. The minimum atomic E-state index is -0.976. The number of nitrogens with one attached hydrogen (secondary N) is 3. The molecule has 1 aliphatic heterocycles. The van der Waals surface area contributed by atoms with Crippen molar-refractivity contribution in [1.29, 1.82) is 0 Å². The molecule has 3 rings (SSSR count). The van der Waals surface area contributed by atoms with Crippen molar-refractivity contribution in [2.45, 2.75) is 70.6 Å². The van der Waals surface area contributed by atoms with Crippen molar-refractivity contribution < 1.29 is 23.9 Å². The zero-order chi connectivity index (χ0) is 30.2. The molecule has 1 aliphatic rings. The van der Waals surface area contributed by atoms with Gasteiger partial charge in [-0.1, -0.05) is 81.8 Å². The summed E-state index contributed by atoms with van der Waals surface area (Å²) in [6.07, 6.45) is -0.461. The first-order valence-corrected chi connectivity index (χ1v) is 14.8. The highest BCUT2D eigenvalue weighted by atomic mass is 35.5. The zero-order valence-corrected chi connectivity index (χ0v) is 25.4. The van der Waals surface area contributed by atoms with E-state index in [-0.39, 0.29) is 24.1 Å². The molecule has 222 valence electrons. The van der Waals surface area contributed by atoms with E-state index in [4.69, 9.17) is 27.9 Å².